The van der Waals surface area contributed by atoms with Crippen LogP contribution in [0.5, 0.6) is 5.75 Å². The molecule has 0 aliphatic rings. The number of carbonyl (C=O) groups excluding carboxylic acids is 1. The zero-order chi connectivity index (χ0) is 14.0. The van der Waals surface area contributed by atoms with E-state index in [0.717, 1.165) is 0 Å². The van der Waals surface area contributed by atoms with Gasteiger partial charge in [-0.25, -0.2) is 4.39 Å². The third kappa shape index (κ3) is 2.95. The highest BCUT2D eigenvalue weighted by molar-refractivity contribution is 14.1. The minimum Gasteiger partial charge on any atom is -0.505 e. The summed E-state index contributed by atoms with van der Waals surface area (Å²) in [5.41, 5.74) is 6.18. The molecule has 0 aliphatic heterocycles. The fourth-order valence-electron chi connectivity index (χ4n) is 1.53. The van der Waals surface area contributed by atoms with Crippen molar-refractivity contribution in [1.82, 2.24) is 0 Å². The Morgan fingerprint density at radius 3 is 2.74 bits per heavy atom. The largest absolute Gasteiger partial charge is 0.505 e. The third-order valence-corrected chi connectivity index (χ3v) is 3.38. The van der Waals surface area contributed by atoms with Gasteiger partial charge in [-0.2, -0.15) is 0 Å². The molecule has 0 saturated heterocycles. The molecule has 0 saturated carbocycles. The second-order valence-corrected chi connectivity index (χ2v) is 4.98. The molecule has 0 bridgehead atoms. The fourth-order valence-corrected chi connectivity index (χ4v) is 2.14. The van der Waals surface area contributed by atoms with Gasteiger partial charge in [0.1, 0.15) is 5.82 Å². The van der Waals surface area contributed by atoms with E-state index in [1.807, 2.05) is 22.6 Å². The Morgan fingerprint density at radius 1 is 1.32 bits per heavy atom. The molecule has 4 N–H and O–H groups in total. The number of nitrogen functional groups attached to an aromatic ring is 1. The number of halogens is 2. The number of para-hydroxylation sites is 1. The van der Waals surface area contributed by atoms with E-state index in [1.54, 1.807) is 6.07 Å². The van der Waals surface area contributed by atoms with E-state index in [4.69, 9.17) is 5.73 Å². The average molecular weight is 372 g/mol. The molecule has 6 heteroatoms. The molecular formula is C13H10FIN2O2. The van der Waals surface area contributed by atoms with E-state index in [-0.39, 0.29) is 22.8 Å². The Bertz CT molecular complexity index is 647. The zero-order valence-electron chi connectivity index (χ0n) is 9.65. The predicted octanol–water partition coefficient (Wildman–Crippen LogP) is 2.97. The second kappa shape index (κ2) is 5.43. The smallest absolute Gasteiger partial charge is 0.259 e. The highest BCUT2D eigenvalue weighted by Gasteiger charge is 2.14. The van der Waals surface area contributed by atoms with E-state index >= 15 is 0 Å². The quantitative estimate of drug-likeness (QED) is 0.431. The first kappa shape index (κ1) is 13.6. The fraction of sp³-hybridized carbons (Fsp3) is 0. The zero-order valence-corrected chi connectivity index (χ0v) is 11.8. The molecule has 0 radical (unpaired) electrons. The monoisotopic (exact) mass is 372 g/mol. The first-order valence-electron chi connectivity index (χ1n) is 5.33. The van der Waals surface area contributed by atoms with Crippen LogP contribution in [0.15, 0.2) is 36.4 Å². The van der Waals surface area contributed by atoms with Gasteiger partial charge < -0.3 is 16.2 Å². The normalized spacial score (nSPS) is 10.2. The number of hydrogen-bond acceptors (Lipinski definition) is 3. The van der Waals surface area contributed by atoms with Crippen LogP contribution >= 0.6 is 22.6 Å². The highest BCUT2D eigenvalue weighted by atomic mass is 127. The summed E-state index contributed by atoms with van der Waals surface area (Å²) in [4.78, 5) is 12.0. The van der Waals surface area contributed by atoms with E-state index in [1.165, 1.54) is 30.3 Å². The summed E-state index contributed by atoms with van der Waals surface area (Å²) >= 11 is 1.91. The lowest BCUT2D eigenvalue weighted by molar-refractivity contribution is 0.102. The number of anilines is 2. The number of phenols is 1. The number of nitrogens with two attached hydrogens (primary N) is 1. The standard InChI is InChI=1S/C13H10FIN2O2/c14-7-4-5-11(9(15)6-7)17-13(19)8-2-1-3-10(16)12(8)18/h1-6,18H,16H2,(H,17,19). The van der Waals surface area contributed by atoms with Gasteiger partial charge in [-0.1, -0.05) is 6.07 Å². The lowest BCUT2D eigenvalue weighted by Gasteiger charge is -2.09. The van der Waals surface area contributed by atoms with Crippen molar-refractivity contribution in [3.8, 4) is 5.75 Å². The van der Waals surface area contributed by atoms with Crippen molar-refractivity contribution in [3.63, 3.8) is 0 Å². The molecule has 4 nitrogen and oxygen atoms in total. The summed E-state index contributed by atoms with van der Waals surface area (Å²) in [7, 11) is 0. The number of benzene rings is 2. The number of rotatable bonds is 2. The SMILES string of the molecule is Nc1cccc(C(=O)Nc2ccc(F)cc2I)c1O. The van der Waals surface area contributed by atoms with Crippen molar-refractivity contribution >= 4 is 39.9 Å². The number of carbonyl (C=O) groups is 1. The second-order valence-electron chi connectivity index (χ2n) is 3.82. The molecule has 0 aromatic heterocycles. The Morgan fingerprint density at radius 2 is 2.05 bits per heavy atom. The number of nitrogens with one attached hydrogen (secondary N) is 1. The molecular weight excluding hydrogens is 362 g/mol. The van der Waals surface area contributed by atoms with Gasteiger partial charge in [-0.15, -0.1) is 0 Å². The summed E-state index contributed by atoms with van der Waals surface area (Å²) in [5.74, 6) is -1.15. The summed E-state index contributed by atoms with van der Waals surface area (Å²) in [6.07, 6.45) is 0. The van der Waals surface area contributed by atoms with Crippen LogP contribution in [0, 0.1) is 9.39 Å². The number of phenolic OH excluding ortho intramolecular Hbond substituents is 1. The van der Waals surface area contributed by atoms with Crippen molar-refractivity contribution in [3.05, 3.63) is 51.3 Å². The van der Waals surface area contributed by atoms with Crippen molar-refractivity contribution in [2.75, 3.05) is 11.1 Å². The maximum Gasteiger partial charge on any atom is 0.259 e. The van der Waals surface area contributed by atoms with Crippen molar-refractivity contribution in [1.29, 1.82) is 0 Å². The Kier molecular flexibility index (Phi) is 3.89. The minimum atomic E-state index is -0.505. The van der Waals surface area contributed by atoms with E-state index < -0.39 is 5.91 Å². The summed E-state index contributed by atoms with van der Waals surface area (Å²) in [6, 6.07) is 8.52. The molecule has 0 unspecified atom stereocenters. The topological polar surface area (TPSA) is 75.4 Å². The Hall–Kier alpha value is -1.83. The van der Waals surface area contributed by atoms with Gasteiger partial charge >= 0.3 is 0 Å². The summed E-state index contributed by atoms with van der Waals surface area (Å²) < 4.78 is 13.5. The molecule has 1 amide bonds. The van der Waals surface area contributed by atoms with E-state index in [0.29, 0.717) is 9.26 Å². The third-order valence-electron chi connectivity index (χ3n) is 2.49. The molecule has 2 aromatic carbocycles. The summed E-state index contributed by atoms with van der Waals surface area (Å²) in [6.45, 7) is 0. The molecule has 0 spiro atoms. The highest BCUT2D eigenvalue weighted by Crippen LogP contribution is 2.26. The number of aromatic hydroxyl groups is 1. The van der Waals surface area contributed by atoms with E-state index in [9.17, 15) is 14.3 Å². The number of hydrogen-bond donors (Lipinski definition) is 3. The van der Waals surface area contributed by atoms with Crippen molar-refractivity contribution < 1.29 is 14.3 Å². The van der Waals surface area contributed by atoms with Gasteiger partial charge in [-0.3, -0.25) is 4.79 Å². The van der Waals surface area contributed by atoms with Crippen molar-refractivity contribution in [2.45, 2.75) is 0 Å². The first-order chi connectivity index (χ1) is 8.99. The van der Waals surface area contributed by atoms with Crippen LogP contribution in [-0.2, 0) is 0 Å². The van der Waals surface area contributed by atoms with Crippen molar-refractivity contribution in [2.24, 2.45) is 0 Å². The van der Waals surface area contributed by atoms with Gasteiger partial charge in [0, 0.05) is 3.57 Å². The maximum atomic E-state index is 13.0. The molecule has 98 valence electrons. The molecule has 0 heterocycles. The van der Waals surface area contributed by atoms with Gasteiger partial charge in [0.25, 0.3) is 5.91 Å². The molecule has 2 rings (SSSR count). The van der Waals surface area contributed by atoms with Gasteiger partial charge in [0.05, 0.1) is 16.9 Å². The summed E-state index contributed by atoms with van der Waals surface area (Å²) in [5, 5.41) is 12.3. The molecule has 0 fully saturated rings. The molecule has 0 atom stereocenters. The maximum absolute atomic E-state index is 13.0. The lowest BCUT2D eigenvalue weighted by atomic mass is 10.1. The molecule has 0 aliphatic carbocycles. The van der Waals surface area contributed by atoms with Crippen LogP contribution in [-0.4, -0.2) is 11.0 Å². The Labute approximate surface area is 122 Å². The van der Waals surface area contributed by atoms with Crippen LogP contribution in [0.1, 0.15) is 10.4 Å². The van der Waals surface area contributed by atoms with Gasteiger partial charge in [0.15, 0.2) is 5.75 Å². The predicted molar refractivity (Wildman–Crippen MR) is 79.6 cm³/mol. The molecule has 2 aromatic rings. The minimum absolute atomic E-state index is 0.0696. The van der Waals surface area contributed by atoms with E-state index in [2.05, 4.69) is 5.32 Å². The lowest BCUT2D eigenvalue weighted by Crippen LogP contribution is -2.13. The average Bonchev–Trinajstić information content (AvgIpc) is 2.36. The van der Waals surface area contributed by atoms with Gasteiger partial charge in [0.2, 0.25) is 0 Å². The van der Waals surface area contributed by atoms with Crippen LogP contribution in [0.2, 0.25) is 0 Å². The first-order valence-corrected chi connectivity index (χ1v) is 6.41. The number of amides is 1. The van der Waals surface area contributed by atoms with Crippen LogP contribution in [0.25, 0.3) is 0 Å². The van der Waals surface area contributed by atoms with Gasteiger partial charge in [-0.05, 0) is 52.9 Å². The molecule has 19 heavy (non-hydrogen) atoms. The Balaban J connectivity index is 2.28. The van der Waals surface area contributed by atoms with Crippen LogP contribution in [0.4, 0.5) is 15.8 Å². The van der Waals surface area contributed by atoms with Crippen LogP contribution < -0.4 is 11.1 Å². The van der Waals surface area contributed by atoms with Crippen LogP contribution in [0.3, 0.4) is 0 Å².